The highest BCUT2D eigenvalue weighted by Gasteiger charge is 2.48. The molecule has 0 radical (unpaired) electrons. The number of ether oxygens (including phenoxy) is 2. The van der Waals surface area contributed by atoms with Gasteiger partial charge in [0.15, 0.2) is 5.13 Å². The van der Waals surface area contributed by atoms with Crippen molar-refractivity contribution in [1.29, 1.82) is 0 Å². The van der Waals surface area contributed by atoms with Crippen LogP contribution in [0.1, 0.15) is 46.4 Å². The number of ketones is 1. The molecule has 3 aromatic carbocycles. The van der Waals surface area contributed by atoms with Crippen molar-refractivity contribution < 1.29 is 29.0 Å². The molecule has 8 nitrogen and oxygen atoms in total. The topological polar surface area (TPSA) is 106 Å². The molecular formula is C30H26N2O6S. The largest absolute Gasteiger partial charge is 0.507 e. The minimum absolute atomic E-state index is 0.0751. The highest BCUT2D eigenvalue weighted by Crippen LogP contribution is 2.44. The SMILES string of the molecule is CCCOc1cccc(/C(O)=C2\C(=O)C(=O)N(c3nc4ccc(C)cc4s3)C2c2ccc(C(=O)OC)cc2)c1. The van der Waals surface area contributed by atoms with Crippen molar-refractivity contribution in [3.05, 3.63) is 94.6 Å². The van der Waals surface area contributed by atoms with Crippen LogP contribution in [0.15, 0.2) is 72.3 Å². The number of Topliss-reactive ketones (excluding diaryl/α,β-unsaturated/α-hetero) is 1. The van der Waals surface area contributed by atoms with E-state index in [1.54, 1.807) is 48.5 Å². The predicted molar refractivity (Wildman–Crippen MR) is 149 cm³/mol. The first-order chi connectivity index (χ1) is 18.8. The number of rotatable bonds is 7. The molecule has 0 bridgehead atoms. The summed E-state index contributed by atoms with van der Waals surface area (Å²) in [7, 11) is 1.29. The van der Waals surface area contributed by atoms with Crippen LogP contribution < -0.4 is 9.64 Å². The summed E-state index contributed by atoms with van der Waals surface area (Å²) in [5.41, 5.74) is 2.85. The number of nitrogens with zero attached hydrogens (tertiary/aromatic N) is 2. The summed E-state index contributed by atoms with van der Waals surface area (Å²) in [6.07, 6.45) is 0.810. The average Bonchev–Trinajstić information content (AvgIpc) is 3.48. The highest BCUT2D eigenvalue weighted by molar-refractivity contribution is 7.22. The van der Waals surface area contributed by atoms with Gasteiger partial charge in [-0.05, 0) is 60.9 Å². The summed E-state index contributed by atoms with van der Waals surface area (Å²) in [6.45, 7) is 4.45. The molecule has 0 aliphatic carbocycles. The van der Waals surface area contributed by atoms with Crippen LogP contribution in [-0.2, 0) is 14.3 Å². The molecule has 1 saturated heterocycles. The number of carbonyl (C=O) groups is 3. The number of hydrogen-bond acceptors (Lipinski definition) is 8. The number of fused-ring (bicyclic) bond motifs is 1. The number of thiazole rings is 1. The molecule has 1 aliphatic heterocycles. The van der Waals surface area contributed by atoms with Crippen LogP contribution in [0.3, 0.4) is 0 Å². The molecule has 1 atom stereocenters. The zero-order chi connectivity index (χ0) is 27.7. The Hall–Kier alpha value is -4.50. The second-order valence-corrected chi connectivity index (χ2v) is 10.1. The van der Waals surface area contributed by atoms with E-state index in [1.807, 2.05) is 32.0 Å². The van der Waals surface area contributed by atoms with Crippen LogP contribution in [0, 0.1) is 6.92 Å². The Balaban J connectivity index is 1.67. The minimum Gasteiger partial charge on any atom is -0.507 e. The molecule has 4 aromatic rings. The number of aromatic nitrogens is 1. The Bertz CT molecular complexity index is 1620. The fourth-order valence-electron chi connectivity index (χ4n) is 4.50. The van der Waals surface area contributed by atoms with Crippen molar-refractivity contribution in [2.75, 3.05) is 18.6 Å². The molecule has 1 amide bonds. The van der Waals surface area contributed by atoms with Gasteiger partial charge in [0.05, 0.1) is 41.1 Å². The van der Waals surface area contributed by atoms with Crippen LogP contribution in [0.5, 0.6) is 5.75 Å². The Morgan fingerprint density at radius 2 is 1.82 bits per heavy atom. The van der Waals surface area contributed by atoms with Gasteiger partial charge < -0.3 is 14.6 Å². The van der Waals surface area contributed by atoms with Crippen LogP contribution in [0.4, 0.5) is 5.13 Å². The monoisotopic (exact) mass is 542 g/mol. The van der Waals surface area contributed by atoms with Crippen molar-refractivity contribution in [3.8, 4) is 5.75 Å². The van der Waals surface area contributed by atoms with Crippen molar-refractivity contribution in [2.45, 2.75) is 26.3 Å². The van der Waals surface area contributed by atoms with E-state index >= 15 is 0 Å². The number of amides is 1. The standard InChI is InChI=1S/C30H26N2O6S/c1-4-14-38-21-7-5-6-20(16-21)26(33)24-25(18-9-11-19(12-10-18)29(36)37-3)32(28(35)27(24)34)30-31-22-13-8-17(2)15-23(22)39-30/h5-13,15-16,25,33H,4,14H2,1-3H3/b26-24+. The zero-order valence-corrected chi connectivity index (χ0v) is 22.5. The summed E-state index contributed by atoms with van der Waals surface area (Å²) >= 11 is 1.29. The number of benzene rings is 3. The zero-order valence-electron chi connectivity index (χ0n) is 21.6. The first-order valence-electron chi connectivity index (χ1n) is 12.4. The lowest BCUT2D eigenvalue weighted by Crippen LogP contribution is -2.29. The first-order valence-corrected chi connectivity index (χ1v) is 13.2. The minimum atomic E-state index is -0.974. The normalized spacial score (nSPS) is 16.6. The highest BCUT2D eigenvalue weighted by atomic mass is 32.1. The molecule has 0 spiro atoms. The maximum absolute atomic E-state index is 13.5. The number of hydrogen-bond donors (Lipinski definition) is 1. The van der Waals surface area contributed by atoms with Gasteiger partial charge in [0.2, 0.25) is 0 Å². The van der Waals surface area contributed by atoms with Gasteiger partial charge in [-0.25, -0.2) is 9.78 Å². The summed E-state index contributed by atoms with van der Waals surface area (Å²) < 4.78 is 11.4. The van der Waals surface area contributed by atoms with Gasteiger partial charge in [0.1, 0.15) is 11.5 Å². The van der Waals surface area contributed by atoms with E-state index in [2.05, 4.69) is 4.98 Å². The second kappa shape index (κ2) is 10.7. The lowest BCUT2D eigenvalue weighted by molar-refractivity contribution is -0.132. The summed E-state index contributed by atoms with van der Waals surface area (Å²) in [5.74, 6) is -1.92. The average molecular weight is 543 g/mol. The van der Waals surface area contributed by atoms with Gasteiger partial charge in [-0.3, -0.25) is 14.5 Å². The van der Waals surface area contributed by atoms with Gasteiger partial charge in [0, 0.05) is 5.56 Å². The van der Waals surface area contributed by atoms with Gasteiger partial charge in [-0.1, -0.05) is 48.6 Å². The maximum Gasteiger partial charge on any atom is 0.337 e. The smallest absolute Gasteiger partial charge is 0.337 e. The van der Waals surface area contributed by atoms with E-state index in [0.717, 1.165) is 16.7 Å². The number of carbonyl (C=O) groups excluding carboxylic acids is 3. The molecule has 0 saturated carbocycles. The summed E-state index contributed by atoms with van der Waals surface area (Å²) in [5, 5.41) is 11.8. The van der Waals surface area contributed by atoms with Crippen molar-refractivity contribution >= 4 is 50.1 Å². The van der Waals surface area contributed by atoms with E-state index in [0.29, 0.717) is 39.7 Å². The molecule has 1 N–H and O–H groups in total. The van der Waals surface area contributed by atoms with Gasteiger partial charge in [0.25, 0.3) is 5.78 Å². The summed E-state index contributed by atoms with van der Waals surface area (Å²) in [4.78, 5) is 45.0. The number of aliphatic hydroxyl groups is 1. The lowest BCUT2D eigenvalue weighted by Gasteiger charge is -2.23. The number of aryl methyl sites for hydroxylation is 1. The van der Waals surface area contributed by atoms with E-state index in [4.69, 9.17) is 9.47 Å². The first kappa shape index (κ1) is 26.1. The van der Waals surface area contributed by atoms with Crippen molar-refractivity contribution in [1.82, 2.24) is 4.98 Å². The van der Waals surface area contributed by atoms with E-state index in [-0.39, 0.29) is 11.3 Å². The van der Waals surface area contributed by atoms with Crippen molar-refractivity contribution in [3.63, 3.8) is 0 Å². The molecule has 5 rings (SSSR count). The number of anilines is 1. The Morgan fingerprint density at radius 1 is 1.05 bits per heavy atom. The van der Waals surface area contributed by atoms with Crippen LogP contribution in [0.25, 0.3) is 16.0 Å². The maximum atomic E-state index is 13.5. The molecule has 9 heteroatoms. The third kappa shape index (κ3) is 4.88. The molecule has 39 heavy (non-hydrogen) atoms. The quantitative estimate of drug-likeness (QED) is 0.136. The Kier molecular flexibility index (Phi) is 7.17. The van der Waals surface area contributed by atoms with E-state index < -0.39 is 23.7 Å². The van der Waals surface area contributed by atoms with E-state index in [1.165, 1.54) is 23.3 Å². The molecule has 1 aliphatic rings. The number of methoxy groups -OCH3 is 1. The number of esters is 1. The van der Waals surface area contributed by atoms with Gasteiger partial charge in [-0.15, -0.1) is 0 Å². The fourth-order valence-corrected chi connectivity index (χ4v) is 5.59. The Morgan fingerprint density at radius 3 is 2.54 bits per heavy atom. The predicted octanol–water partition coefficient (Wildman–Crippen LogP) is 5.81. The number of aliphatic hydroxyl groups excluding tert-OH is 1. The molecule has 1 fully saturated rings. The van der Waals surface area contributed by atoms with Crippen molar-refractivity contribution in [2.24, 2.45) is 0 Å². The Labute approximate surface area is 229 Å². The van der Waals surface area contributed by atoms with Crippen LogP contribution >= 0.6 is 11.3 Å². The molecule has 1 aromatic heterocycles. The molecule has 1 unspecified atom stereocenters. The third-order valence-electron chi connectivity index (χ3n) is 6.41. The van der Waals surface area contributed by atoms with Crippen LogP contribution in [-0.4, -0.2) is 41.5 Å². The summed E-state index contributed by atoms with van der Waals surface area (Å²) in [6, 6.07) is 17.9. The molecule has 2 heterocycles. The van der Waals surface area contributed by atoms with Gasteiger partial charge in [-0.2, -0.15) is 0 Å². The van der Waals surface area contributed by atoms with Gasteiger partial charge >= 0.3 is 11.9 Å². The molecular weight excluding hydrogens is 516 g/mol. The fraction of sp³-hybridized carbons (Fsp3) is 0.200. The molecule has 198 valence electrons. The second-order valence-electron chi connectivity index (χ2n) is 9.13. The van der Waals surface area contributed by atoms with E-state index in [9.17, 15) is 19.5 Å². The third-order valence-corrected chi connectivity index (χ3v) is 7.43. The van der Waals surface area contributed by atoms with Crippen LogP contribution in [0.2, 0.25) is 0 Å². The lowest BCUT2D eigenvalue weighted by atomic mass is 9.94.